The number of rotatable bonds is 4. The van der Waals surface area contributed by atoms with Crippen molar-refractivity contribution in [3.8, 4) is 11.3 Å². The van der Waals surface area contributed by atoms with Crippen LogP contribution in [0.5, 0.6) is 0 Å². The van der Waals surface area contributed by atoms with Crippen molar-refractivity contribution >= 4 is 27.7 Å². The molecule has 5 nitrogen and oxygen atoms in total. The van der Waals surface area contributed by atoms with Crippen molar-refractivity contribution < 1.29 is 9.53 Å². The molecule has 5 heteroatoms. The van der Waals surface area contributed by atoms with E-state index in [2.05, 4.69) is 16.4 Å². The Bertz CT molecular complexity index is 1140. The van der Waals surface area contributed by atoms with Crippen molar-refractivity contribution in [1.82, 2.24) is 15.3 Å². The Balaban J connectivity index is 1.61. The zero-order valence-corrected chi connectivity index (χ0v) is 15.4. The van der Waals surface area contributed by atoms with Crippen molar-refractivity contribution in [2.45, 2.75) is 18.9 Å². The summed E-state index contributed by atoms with van der Waals surface area (Å²) in [5, 5.41) is 5.08. The lowest BCUT2D eigenvalue weighted by molar-refractivity contribution is 0.0854. The molecule has 2 N–H and O–H groups in total. The lowest BCUT2D eigenvalue weighted by atomic mass is 10.1. The van der Waals surface area contributed by atoms with Crippen LogP contribution in [-0.4, -0.2) is 35.1 Å². The molecule has 1 aliphatic heterocycles. The number of hydrogen-bond acceptors (Lipinski definition) is 3. The normalized spacial score (nSPS) is 16.6. The Labute approximate surface area is 162 Å². The summed E-state index contributed by atoms with van der Waals surface area (Å²) in [6, 6.07) is 20.0. The number of benzene rings is 2. The molecule has 1 aliphatic rings. The third-order valence-electron chi connectivity index (χ3n) is 5.29. The summed E-state index contributed by atoms with van der Waals surface area (Å²) in [6.07, 6.45) is 2.15. The topological polar surface area (TPSA) is 67.0 Å². The van der Waals surface area contributed by atoms with Crippen molar-refractivity contribution in [1.29, 1.82) is 0 Å². The van der Waals surface area contributed by atoms with Gasteiger partial charge in [0.05, 0.1) is 17.3 Å². The molecule has 1 amide bonds. The highest BCUT2D eigenvalue weighted by Gasteiger charge is 2.19. The van der Waals surface area contributed by atoms with Gasteiger partial charge in [0.2, 0.25) is 0 Å². The van der Waals surface area contributed by atoms with Gasteiger partial charge in [-0.05, 0) is 25.0 Å². The SMILES string of the molecule is O=C(NC[C@H]1CCCO1)c1cc2c([nH]c3ccccc32)c(-c2ccccc2)n1. The predicted octanol–water partition coefficient (Wildman–Crippen LogP) is 4.29. The maximum absolute atomic E-state index is 12.8. The summed E-state index contributed by atoms with van der Waals surface area (Å²) in [5.41, 5.74) is 4.18. The molecule has 28 heavy (non-hydrogen) atoms. The third-order valence-corrected chi connectivity index (χ3v) is 5.29. The molecule has 0 bridgehead atoms. The Morgan fingerprint density at radius 2 is 1.93 bits per heavy atom. The van der Waals surface area contributed by atoms with Crippen molar-refractivity contribution in [2.75, 3.05) is 13.2 Å². The van der Waals surface area contributed by atoms with Crippen LogP contribution in [0.15, 0.2) is 60.7 Å². The minimum atomic E-state index is -0.167. The summed E-state index contributed by atoms with van der Waals surface area (Å²) >= 11 is 0. The molecule has 5 rings (SSSR count). The molecule has 0 aliphatic carbocycles. The van der Waals surface area contributed by atoms with Crippen LogP contribution in [-0.2, 0) is 4.74 Å². The molecule has 0 radical (unpaired) electrons. The molecule has 1 fully saturated rings. The van der Waals surface area contributed by atoms with Gasteiger partial charge in [-0.25, -0.2) is 4.98 Å². The van der Waals surface area contributed by atoms with Crippen LogP contribution in [0.4, 0.5) is 0 Å². The van der Waals surface area contributed by atoms with Gasteiger partial charge in [0.25, 0.3) is 5.91 Å². The molecule has 3 heterocycles. The summed E-state index contributed by atoms with van der Waals surface area (Å²) in [4.78, 5) is 21.0. The number of carbonyl (C=O) groups is 1. The van der Waals surface area contributed by atoms with Gasteiger partial charge in [-0.15, -0.1) is 0 Å². The lowest BCUT2D eigenvalue weighted by Crippen LogP contribution is -2.32. The number of para-hydroxylation sites is 1. The number of nitrogens with one attached hydrogen (secondary N) is 2. The van der Waals surface area contributed by atoms with Gasteiger partial charge < -0.3 is 15.0 Å². The van der Waals surface area contributed by atoms with Gasteiger partial charge in [0.1, 0.15) is 5.69 Å². The van der Waals surface area contributed by atoms with E-state index in [9.17, 15) is 4.79 Å². The number of aromatic amines is 1. The van der Waals surface area contributed by atoms with Gasteiger partial charge in [0, 0.05) is 35.0 Å². The molecular weight excluding hydrogens is 350 g/mol. The molecule has 2 aromatic carbocycles. The van der Waals surface area contributed by atoms with Crippen LogP contribution in [0.25, 0.3) is 33.1 Å². The monoisotopic (exact) mass is 371 g/mol. The van der Waals surface area contributed by atoms with E-state index < -0.39 is 0 Å². The number of aromatic nitrogens is 2. The average molecular weight is 371 g/mol. The van der Waals surface area contributed by atoms with E-state index in [-0.39, 0.29) is 12.0 Å². The molecule has 4 aromatic rings. The summed E-state index contributed by atoms with van der Waals surface area (Å²) in [5.74, 6) is -0.167. The highest BCUT2D eigenvalue weighted by molar-refractivity contribution is 6.13. The van der Waals surface area contributed by atoms with Crippen molar-refractivity contribution in [2.24, 2.45) is 0 Å². The number of hydrogen-bond donors (Lipinski definition) is 2. The van der Waals surface area contributed by atoms with Gasteiger partial charge >= 0.3 is 0 Å². The highest BCUT2D eigenvalue weighted by atomic mass is 16.5. The molecule has 1 atom stereocenters. The van der Waals surface area contributed by atoms with Crippen LogP contribution in [0.3, 0.4) is 0 Å². The van der Waals surface area contributed by atoms with Gasteiger partial charge in [-0.3, -0.25) is 4.79 Å². The van der Waals surface area contributed by atoms with Crippen molar-refractivity contribution in [3.05, 3.63) is 66.4 Å². The second kappa shape index (κ2) is 7.09. The number of carbonyl (C=O) groups excluding carboxylic acids is 1. The van der Waals surface area contributed by atoms with Crippen LogP contribution in [0, 0.1) is 0 Å². The Kier molecular flexibility index (Phi) is 4.29. The number of amides is 1. The van der Waals surface area contributed by atoms with Crippen LogP contribution in [0.1, 0.15) is 23.3 Å². The van der Waals surface area contributed by atoms with Crippen molar-refractivity contribution in [3.63, 3.8) is 0 Å². The molecule has 140 valence electrons. The first-order chi connectivity index (χ1) is 13.8. The summed E-state index contributed by atoms with van der Waals surface area (Å²) in [6.45, 7) is 1.30. The Morgan fingerprint density at radius 3 is 2.75 bits per heavy atom. The van der Waals surface area contributed by atoms with Gasteiger partial charge in [0.15, 0.2) is 0 Å². The third kappa shape index (κ3) is 3.04. The highest BCUT2D eigenvalue weighted by Crippen LogP contribution is 2.32. The molecule has 0 saturated carbocycles. The van der Waals surface area contributed by atoms with E-state index in [0.29, 0.717) is 12.2 Å². The molecule has 0 unspecified atom stereocenters. The fraction of sp³-hybridized carbons (Fsp3) is 0.217. The number of H-pyrrole nitrogens is 1. The number of pyridine rings is 1. The zero-order chi connectivity index (χ0) is 18.9. The first kappa shape index (κ1) is 17.0. The van der Waals surface area contributed by atoms with E-state index >= 15 is 0 Å². The largest absolute Gasteiger partial charge is 0.376 e. The van der Waals surface area contributed by atoms with E-state index in [1.54, 1.807) is 0 Å². The summed E-state index contributed by atoms with van der Waals surface area (Å²) < 4.78 is 5.61. The molecule has 1 saturated heterocycles. The van der Waals surface area contributed by atoms with Gasteiger partial charge in [-0.2, -0.15) is 0 Å². The number of nitrogens with zero attached hydrogens (tertiary/aromatic N) is 1. The second-order valence-corrected chi connectivity index (χ2v) is 7.16. The average Bonchev–Trinajstić information content (AvgIpc) is 3.39. The first-order valence-corrected chi connectivity index (χ1v) is 9.66. The maximum atomic E-state index is 12.8. The zero-order valence-electron chi connectivity index (χ0n) is 15.4. The quantitative estimate of drug-likeness (QED) is 0.562. The standard InChI is InChI=1S/C23H21N3O2/c27-23(24-14-16-9-6-12-28-16)20-13-18-17-10-4-5-11-19(17)25-22(18)21(26-20)15-7-2-1-3-8-15/h1-5,7-8,10-11,13,16,25H,6,9,12,14H2,(H,24,27)/t16-/m1/s1. The predicted molar refractivity (Wildman–Crippen MR) is 110 cm³/mol. The molecule has 0 spiro atoms. The Hall–Kier alpha value is -3.18. The number of fused-ring (bicyclic) bond motifs is 3. The lowest BCUT2D eigenvalue weighted by Gasteiger charge is -2.11. The van der Waals surface area contributed by atoms with Crippen LogP contribution in [0.2, 0.25) is 0 Å². The van der Waals surface area contributed by atoms with Crippen LogP contribution >= 0.6 is 0 Å². The fourth-order valence-corrected chi connectivity index (χ4v) is 3.87. The first-order valence-electron chi connectivity index (χ1n) is 9.66. The molecule has 2 aromatic heterocycles. The second-order valence-electron chi connectivity index (χ2n) is 7.16. The Morgan fingerprint density at radius 1 is 1.11 bits per heavy atom. The summed E-state index contributed by atoms with van der Waals surface area (Å²) in [7, 11) is 0. The minimum absolute atomic E-state index is 0.106. The van der Waals surface area contributed by atoms with E-state index in [1.165, 1.54) is 0 Å². The smallest absolute Gasteiger partial charge is 0.270 e. The molecular formula is C23H21N3O2. The van der Waals surface area contributed by atoms with Gasteiger partial charge in [-0.1, -0.05) is 48.5 Å². The number of ether oxygens (including phenoxy) is 1. The maximum Gasteiger partial charge on any atom is 0.270 e. The van der Waals surface area contributed by atoms with E-state index in [0.717, 1.165) is 52.5 Å². The van der Waals surface area contributed by atoms with E-state index in [4.69, 9.17) is 9.72 Å². The van der Waals surface area contributed by atoms with Crippen LogP contribution < -0.4 is 5.32 Å². The fourth-order valence-electron chi connectivity index (χ4n) is 3.87. The van der Waals surface area contributed by atoms with E-state index in [1.807, 2.05) is 54.6 Å². The minimum Gasteiger partial charge on any atom is -0.376 e.